The van der Waals surface area contributed by atoms with Crippen LogP contribution in [0, 0.1) is 0 Å². The zero-order valence-corrected chi connectivity index (χ0v) is 12.5. The largest absolute Gasteiger partial charge is 0.495 e. The zero-order chi connectivity index (χ0) is 15.8. The Kier molecular flexibility index (Phi) is 5.48. The van der Waals surface area contributed by atoms with Crippen molar-refractivity contribution in [3.8, 4) is 17.2 Å². The Labute approximate surface area is 129 Å². The Bertz CT molecular complexity index is 631. The minimum absolute atomic E-state index is 0.0152. The predicted molar refractivity (Wildman–Crippen MR) is 83.6 cm³/mol. The average molecular weight is 302 g/mol. The number of ether oxygens (including phenoxy) is 3. The third-order valence-electron chi connectivity index (χ3n) is 2.88. The minimum Gasteiger partial charge on any atom is -0.495 e. The van der Waals surface area contributed by atoms with Gasteiger partial charge in [-0.2, -0.15) is 0 Å². The van der Waals surface area contributed by atoms with Crippen LogP contribution in [0.4, 0.5) is 10.5 Å². The van der Waals surface area contributed by atoms with Crippen LogP contribution in [0.5, 0.6) is 17.2 Å². The summed E-state index contributed by atoms with van der Waals surface area (Å²) >= 11 is 0. The second-order valence-electron chi connectivity index (χ2n) is 4.27. The standard InChI is InChI=1S/C16H18N2O4/c1-20-13-8-4-3-7-12(13)18-16(19)17-11-22-15-10-6-5-9-14(15)21-2/h3-10H,11H2,1-2H3,(H2,17,18,19). The molecule has 0 atom stereocenters. The molecule has 2 amide bonds. The highest BCUT2D eigenvalue weighted by atomic mass is 16.5. The number of benzene rings is 2. The molecule has 0 aliphatic heterocycles. The number of nitrogens with one attached hydrogen (secondary N) is 2. The van der Waals surface area contributed by atoms with Gasteiger partial charge in [-0.05, 0) is 24.3 Å². The number of carbonyl (C=O) groups is 1. The van der Waals surface area contributed by atoms with Crippen molar-refractivity contribution >= 4 is 11.7 Å². The van der Waals surface area contributed by atoms with Gasteiger partial charge in [-0.3, -0.25) is 0 Å². The van der Waals surface area contributed by atoms with Gasteiger partial charge in [0.25, 0.3) is 0 Å². The van der Waals surface area contributed by atoms with Gasteiger partial charge in [0.2, 0.25) is 0 Å². The summed E-state index contributed by atoms with van der Waals surface area (Å²) < 4.78 is 15.8. The molecular formula is C16H18N2O4. The van der Waals surface area contributed by atoms with Crippen molar-refractivity contribution < 1.29 is 19.0 Å². The molecule has 0 bridgehead atoms. The fourth-order valence-electron chi connectivity index (χ4n) is 1.83. The average Bonchev–Trinajstić information content (AvgIpc) is 2.55. The van der Waals surface area contributed by atoms with Crippen LogP contribution in [0.3, 0.4) is 0 Å². The lowest BCUT2D eigenvalue weighted by Crippen LogP contribution is -2.32. The summed E-state index contributed by atoms with van der Waals surface area (Å²) in [6.45, 7) is 0.0152. The molecule has 0 aliphatic carbocycles. The fraction of sp³-hybridized carbons (Fsp3) is 0.188. The first-order valence-corrected chi connectivity index (χ1v) is 6.68. The lowest BCUT2D eigenvalue weighted by atomic mass is 10.3. The van der Waals surface area contributed by atoms with Crippen LogP contribution in [0.1, 0.15) is 0 Å². The Morgan fingerprint density at radius 1 is 0.909 bits per heavy atom. The first-order chi connectivity index (χ1) is 10.7. The number of rotatable bonds is 6. The van der Waals surface area contributed by atoms with E-state index in [4.69, 9.17) is 14.2 Å². The molecular weight excluding hydrogens is 284 g/mol. The molecule has 0 heterocycles. The van der Waals surface area contributed by atoms with Gasteiger partial charge >= 0.3 is 6.03 Å². The van der Waals surface area contributed by atoms with E-state index in [9.17, 15) is 4.79 Å². The monoisotopic (exact) mass is 302 g/mol. The minimum atomic E-state index is -0.389. The van der Waals surface area contributed by atoms with E-state index >= 15 is 0 Å². The first kappa shape index (κ1) is 15.5. The molecule has 2 aromatic carbocycles. The summed E-state index contributed by atoms with van der Waals surface area (Å²) in [5.74, 6) is 1.75. The Hall–Kier alpha value is -2.89. The molecule has 2 aromatic rings. The van der Waals surface area contributed by atoms with Crippen LogP contribution in [-0.4, -0.2) is 27.0 Å². The molecule has 0 saturated carbocycles. The Morgan fingerprint density at radius 3 is 2.18 bits per heavy atom. The molecule has 0 unspecified atom stereocenters. The van der Waals surface area contributed by atoms with Gasteiger partial charge in [-0.1, -0.05) is 24.3 Å². The normalized spacial score (nSPS) is 9.73. The van der Waals surface area contributed by atoms with Crippen molar-refractivity contribution in [2.75, 3.05) is 26.3 Å². The summed E-state index contributed by atoms with van der Waals surface area (Å²) in [5.41, 5.74) is 0.583. The highest BCUT2D eigenvalue weighted by Crippen LogP contribution is 2.25. The lowest BCUT2D eigenvalue weighted by molar-refractivity contribution is 0.231. The van der Waals surface area contributed by atoms with Crippen LogP contribution in [0.2, 0.25) is 0 Å². The van der Waals surface area contributed by atoms with Gasteiger partial charge < -0.3 is 24.8 Å². The third-order valence-corrected chi connectivity index (χ3v) is 2.88. The smallest absolute Gasteiger partial charge is 0.321 e. The quantitative estimate of drug-likeness (QED) is 0.805. The van der Waals surface area contributed by atoms with E-state index in [0.29, 0.717) is 22.9 Å². The van der Waals surface area contributed by atoms with Crippen molar-refractivity contribution in [2.45, 2.75) is 0 Å². The third kappa shape index (κ3) is 4.05. The number of hydrogen-bond acceptors (Lipinski definition) is 4. The van der Waals surface area contributed by atoms with E-state index in [1.54, 1.807) is 38.5 Å². The van der Waals surface area contributed by atoms with E-state index in [-0.39, 0.29) is 12.8 Å². The van der Waals surface area contributed by atoms with Crippen molar-refractivity contribution in [2.24, 2.45) is 0 Å². The molecule has 116 valence electrons. The maximum atomic E-state index is 11.8. The molecule has 22 heavy (non-hydrogen) atoms. The predicted octanol–water partition coefficient (Wildman–Crippen LogP) is 2.86. The maximum absolute atomic E-state index is 11.8. The van der Waals surface area contributed by atoms with E-state index in [2.05, 4.69) is 10.6 Å². The SMILES string of the molecule is COc1ccccc1NC(=O)NCOc1ccccc1OC. The number of hydrogen-bond donors (Lipinski definition) is 2. The summed E-state index contributed by atoms with van der Waals surface area (Å²) in [6, 6.07) is 14.0. The molecule has 6 heteroatoms. The van der Waals surface area contributed by atoms with Crippen LogP contribution < -0.4 is 24.8 Å². The van der Waals surface area contributed by atoms with Gasteiger partial charge in [0.15, 0.2) is 18.2 Å². The summed E-state index contributed by atoms with van der Waals surface area (Å²) in [7, 11) is 3.10. The van der Waals surface area contributed by atoms with Crippen molar-refractivity contribution in [3.05, 3.63) is 48.5 Å². The molecule has 2 N–H and O–H groups in total. The molecule has 0 spiro atoms. The molecule has 0 saturated heterocycles. The fourth-order valence-corrected chi connectivity index (χ4v) is 1.83. The second-order valence-corrected chi connectivity index (χ2v) is 4.27. The Morgan fingerprint density at radius 2 is 1.50 bits per heavy atom. The van der Waals surface area contributed by atoms with Crippen LogP contribution in [0.25, 0.3) is 0 Å². The zero-order valence-electron chi connectivity index (χ0n) is 12.5. The molecule has 2 rings (SSSR count). The van der Waals surface area contributed by atoms with Crippen molar-refractivity contribution in [1.29, 1.82) is 0 Å². The van der Waals surface area contributed by atoms with Crippen LogP contribution >= 0.6 is 0 Å². The van der Waals surface area contributed by atoms with E-state index in [0.717, 1.165) is 0 Å². The first-order valence-electron chi connectivity index (χ1n) is 6.68. The number of amides is 2. The van der Waals surface area contributed by atoms with Gasteiger partial charge in [0, 0.05) is 0 Å². The van der Waals surface area contributed by atoms with E-state index in [1.165, 1.54) is 0 Å². The molecule has 0 radical (unpaired) electrons. The highest BCUT2D eigenvalue weighted by Gasteiger charge is 2.07. The maximum Gasteiger partial charge on any atom is 0.321 e. The van der Waals surface area contributed by atoms with E-state index < -0.39 is 0 Å². The Balaban J connectivity index is 1.85. The van der Waals surface area contributed by atoms with Crippen molar-refractivity contribution in [3.63, 3.8) is 0 Å². The number of methoxy groups -OCH3 is 2. The summed E-state index contributed by atoms with van der Waals surface area (Å²) in [5, 5.41) is 5.29. The van der Waals surface area contributed by atoms with Crippen LogP contribution in [0.15, 0.2) is 48.5 Å². The number of para-hydroxylation sites is 4. The molecule has 6 nitrogen and oxygen atoms in total. The second kappa shape index (κ2) is 7.78. The highest BCUT2D eigenvalue weighted by molar-refractivity contribution is 5.90. The molecule has 0 aromatic heterocycles. The van der Waals surface area contributed by atoms with Gasteiger partial charge in [-0.15, -0.1) is 0 Å². The lowest BCUT2D eigenvalue weighted by Gasteiger charge is -2.13. The number of anilines is 1. The summed E-state index contributed by atoms with van der Waals surface area (Å²) in [4.78, 5) is 11.8. The number of carbonyl (C=O) groups excluding carboxylic acids is 1. The topological polar surface area (TPSA) is 68.8 Å². The van der Waals surface area contributed by atoms with Gasteiger partial charge in [-0.25, -0.2) is 4.79 Å². The van der Waals surface area contributed by atoms with Crippen molar-refractivity contribution in [1.82, 2.24) is 5.32 Å². The summed E-state index contributed by atoms with van der Waals surface area (Å²) in [6.07, 6.45) is 0. The molecule has 0 fully saturated rings. The number of urea groups is 1. The van der Waals surface area contributed by atoms with Gasteiger partial charge in [0.05, 0.1) is 19.9 Å². The van der Waals surface area contributed by atoms with E-state index in [1.807, 2.05) is 24.3 Å². The van der Waals surface area contributed by atoms with Gasteiger partial charge in [0.1, 0.15) is 5.75 Å². The molecule has 0 aliphatic rings. The van der Waals surface area contributed by atoms with Crippen LogP contribution in [-0.2, 0) is 0 Å².